The van der Waals surface area contributed by atoms with Gasteiger partial charge >= 0.3 is 5.97 Å². The Morgan fingerprint density at radius 1 is 1.09 bits per heavy atom. The number of nitrogens with zero attached hydrogens (tertiary/aromatic N) is 1. The maximum absolute atomic E-state index is 14.2. The number of aliphatic carboxylic acids is 1. The van der Waals surface area contributed by atoms with Crippen molar-refractivity contribution >= 4 is 29.4 Å². The van der Waals surface area contributed by atoms with Crippen LogP contribution < -0.4 is 10.6 Å². The molecule has 8 nitrogen and oxygen atoms in total. The monoisotopic (exact) mass is 451 g/mol. The normalized spacial score (nSPS) is 27.7. The molecule has 33 heavy (non-hydrogen) atoms. The lowest BCUT2D eigenvalue weighted by Crippen LogP contribution is -2.53. The summed E-state index contributed by atoms with van der Waals surface area (Å²) in [5.41, 5.74) is -0.0307. The Hall–Kier alpha value is -3.59. The number of fused-ring (bicyclic) bond motifs is 4. The Labute approximate surface area is 188 Å². The second-order valence-electron chi connectivity index (χ2n) is 8.70. The van der Waals surface area contributed by atoms with Gasteiger partial charge in [0.1, 0.15) is 11.4 Å². The van der Waals surface area contributed by atoms with E-state index in [2.05, 4.69) is 10.6 Å². The molecule has 2 aromatic carbocycles. The highest BCUT2D eigenvalue weighted by atomic mass is 19.1. The van der Waals surface area contributed by atoms with Gasteiger partial charge in [0.2, 0.25) is 17.7 Å². The van der Waals surface area contributed by atoms with Gasteiger partial charge in [0.25, 0.3) is 0 Å². The number of hydrogen-bond donors (Lipinski definition) is 3. The molecule has 2 fully saturated rings. The molecule has 5 rings (SSSR count). The lowest BCUT2D eigenvalue weighted by Gasteiger charge is -2.29. The van der Waals surface area contributed by atoms with Crippen LogP contribution in [0.3, 0.4) is 0 Å². The van der Waals surface area contributed by atoms with Crippen molar-refractivity contribution in [3.63, 3.8) is 0 Å². The summed E-state index contributed by atoms with van der Waals surface area (Å²) in [5, 5.41) is 15.0. The highest BCUT2D eigenvalue weighted by molar-refractivity contribution is 6.15. The van der Waals surface area contributed by atoms with Crippen molar-refractivity contribution in [3.8, 4) is 0 Å². The number of nitrogens with one attached hydrogen (secondary N) is 2. The van der Waals surface area contributed by atoms with Crippen molar-refractivity contribution in [3.05, 3.63) is 65.5 Å². The molecular formula is C24H22FN3O5. The molecule has 1 spiro atoms. The van der Waals surface area contributed by atoms with E-state index < -0.39 is 52.9 Å². The van der Waals surface area contributed by atoms with Crippen LogP contribution in [0.15, 0.2) is 48.5 Å². The third-order valence-electron chi connectivity index (χ3n) is 6.90. The van der Waals surface area contributed by atoms with Gasteiger partial charge in [0.15, 0.2) is 0 Å². The van der Waals surface area contributed by atoms with E-state index >= 15 is 0 Å². The van der Waals surface area contributed by atoms with Crippen LogP contribution in [0.5, 0.6) is 0 Å². The average Bonchev–Trinajstić information content (AvgIpc) is 3.37. The van der Waals surface area contributed by atoms with Crippen molar-refractivity contribution in [1.82, 2.24) is 10.2 Å². The van der Waals surface area contributed by atoms with Gasteiger partial charge in [-0.3, -0.25) is 29.4 Å². The molecule has 3 heterocycles. The lowest BCUT2D eigenvalue weighted by molar-refractivity contribution is -0.143. The zero-order valence-corrected chi connectivity index (χ0v) is 17.6. The molecule has 170 valence electrons. The molecule has 0 saturated carbocycles. The first-order valence-electron chi connectivity index (χ1n) is 10.8. The van der Waals surface area contributed by atoms with Crippen molar-refractivity contribution < 1.29 is 28.7 Å². The number of halogens is 1. The molecule has 4 atom stereocenters. The van der Waals surface area contributed by atoms with Crippen LogP contribution in [0.4, 0.5) is 10.1 Å². The lowest BCUT2D eigenvalue weighted by atomic mass is 9.76. The highest BCUT2D eigenvalue weighted by Gasteiger charge is 2.70. The van der Waals surface area contributed by atoms with E-state index in [1.807, 2.05) is 30.3 Å². The smallest absolute Gasteiger partial charge is 0.303 e. The summed E-state index contributed by atoms with van der Waals surface area (Å²) in [6, 6.07) is 12.5. The minimum atomic E-state index is -1.63. The number of likely N-dealkylation sites (tertiary alicyclic amines) is 1. The number of hydrogen-bond acceptors (Lipinski definition) is 5. The number of amides is 3. The number of rotatable bonds is 6. The van der Waals surface area contributed by atoms with E-state index in [9.17, 15) is 28.7 Å². The molecule has 2 saturated heterocycles. The minimum absolute atomic E-state index is 0.0573. The standard InChI is InChI=1S/C24H22FN3O5/c25-14-6-7-16-15(12-14)24(23(33)26-16)20-19(17(27-24)8-9-18(29)30)21(31)28(22(20)32)11-10-13-4-2-1-3-5-13/h1-7,12,17,19-20,27H,8-11H2,(H,26,33)(H,29,30)/t17-,19-,20+,24-/m1/s1. The fraction of sp³-hybridized carbons (Fsp3) is 0.333. The molecule has 0 unspecified atom stereocenters. The van der Waals surface area contributed by atoms with Gasteiger partial charge < -0.3 is 10.4 Å². The maximum Gasteiger partial charge on any atom is 0.303 e. The van der Waals surface area contributed by atoms with Crippen LogP contribution in [0.2, 0.25) is 0 Å². The number of carboxylic acid groups (broad SMARTS) is 1. The minimum Gasteiger partial charge on any atom is -0.481 e. The summed E-state index contributed by atoms with van der Waals surface area (Å²) >= 11 is 0. The molecule has 0 radical (unpaired) electrons. The predicted molar refractivity (Wildman–Crippen MR) is 114 cm³/mol. The fourth-order valence-electron chi connectivity index (χ4n) is 5.47. The Morgan fingerprint density at radius 2 is 1.85 bits per heavy atom. The van der Waals surface area contributed by atoms with Crippen LogP contribution in [0, 0.1) is 17.7 Å². The summed E-state index contributed by atoms with van der Waals surface area (Å²) in [6.07, 6.45) is 0.275. The number of carbonyl (C=O) groups is 4. The van der Waals surface area contributed by atoms with Gasteiger partial charge in [-0.05, 0) is 36.6 Å². The Morgan fingerprint density at radius 3 is 2.58 bits per heavy atom. The van der Waals surface area contributed by atoms with Gasteiger partial charge in [0.05, 0.1) is 11.8 Å². The maximum atomic E-state index is 14.2. The number of imide groups is 1. The molecule has 3 aliphatic heterocycles. The van der Waals surface area contributed by atoms with Crippen LogP contribution in [-0.4, -0.2) is 46.3 Å². The zero-order chi connectivity index (χ0) is 23.3. The third-order valence-corrected chi connectivity index (χ3v) is 6.90. The van der Waals surface area contributed by atoms with E-state index in [4.69, 9.17) is 0 Å². The van der Waals surface area contributed by atoms with Gasteiger partial charge in [0, 0.05) is 30.3 Å². The molecule has 2 aromatic rings. The Balaban J connectivity index is 1.53. The molecule has 3 N–H and O–H groups in total. The van der Waals surface area contributed by atoms with Crippen molar-refractivity contribution in [2.45, 2.75) is 30.8 Å². The summed E-state index contributed by atoms with van der Waals surface area (Å²) < 4.78 is 14.2. The molecule has 0 aliphatic carbocycles. The third kappa shape index (κ3) is 3.22. The SMILES string of the molecule is O=C(O)CC[C@H]1N[C@@]2(C(=O)Nc3ccc(F)cc32)[C@@H]2C(=O)N(CCc3ccccc3)C(=O)[C@@H]21. The summed E-state index contributed by atoms with van der Waals surface area (Å²) in [4.78, 5) is 52.6. The summed E-state index contributed by atoms with van der Waals surface area (Å²) in [6.45, 7) is 0.147. The van der Waals surface area contributed by atoms with Crippen molar-refractivity contribution in [2.75, 3.05) is 11.9 Å². The van der Waals surface area contributed by atoms with Gasteiger partial charge in [-0.15, -0.1) is 0 Å². The summed E-state index contributed by atoms with van der Waals surface area (Å²) in [5.74, 6) is -5.09. The Bertz CT molecular complexity index is 1170. The van der Waals surface area contributed by atoms with E-state index in [-0.39, 0.29) is 24.9 Å². The largest absolute Gasteiger partial charge is 0.481 e. The van der Waals surface area contributed by atoms with Gasteiger partial charge in [-0.2, -0.15) is 0 Å². The van der Waals surface area contributed by atoms with E-state index in [1.165, 1.54) is 23.1 Å². The van der Waals surface area contributed by atoms with Crippen LogP contribution in [0.25, 0.3) is 0 Å². The van der Waals surface area contributed by atoms with E-state index in [0.717, 1.165) is 5.56 Å². The number of carboxylic acids is 1. The molecule has 0 aromatic heterocycles. The molecule has 3 amide bonds. The second-order valence-corrected chi connectivity index (χ2v) is 8.70. The van der Waals surface area contributed by atoms with Crippen LogP contribution >= 0.6 is 0 Å². The first-order valence-corrected chi connectivity index (χ1v) is 10.8. The van der Waals surface area contributed by atoms with Gasteiger partial charge in [-0.25, -0.2) is 4.39 Å². The second kappa shape index (κ2) is 7.77. The first-order chi connectivity index (χ1) is 15.8. The molecule has 0 bridgehead atoms. The number of carbonyl (C=O) groups excluding carboxylic acids is 3. The van der Waals surface area contributed by atoms with E-state index in [1.54, 1.807) is 0 Å². The summed E-state index contributed by atoms with van der Waals surface area (Å²) in [7, 11) is 0. The fourth-order valence-corrected chi connectivity index (χ4v) is 5.47. The zero-order valence-electron chi connectivity index (χ0n) is 17.6. The Kier molecular flexibility index (Phi) is 5.01. The average molecular weight is 451 g/mol. The predicted octanol–water partition coefficient (Wildman–Crippen LogP) is 1.65. The van der Waals surface area contributed by atoms with Crippen molar-refractivity contribution in [1.29, 1.82) is 0 Å². The van der Waals surface area contributed by atoms with Crippen LogP contribution in [-0.2, 0) is 31.1 Å². The molecular weight excluding hydrogens is 429 g/mol. The van der Waals surface area contributed by atoms with Crippen LogP contribution in [0.1, 0.15) is 24.0 Å². The molecule has 9 heteroatoms. The van der Waals surface area contributed by atoms with E-state index in [0.29, 0.717) is 12.1 Å². The highest BCUT2D eigenvalue weighted by Crippen LogP contribution is 2.53. The van der Waals surface area contributed by atoms with Crippen molar-refractivity contribution in [2.24, 2.45) is 11.8 Å². The number of anilines is 1. The van der Waals surface area contributed by atoms with Gasteiger partial charge in [-0.1, -0.05) is 30.3 Å². The quantitative estimate of drug-likeness (QED) is 0.576. The molecule has 3 aliphatic rings. The topological polar surface area (TPSA) is 116 Å². The number of benzene rings is 2. The first kappa shape index (κ1) is 21.3.